The van der Waals surface area contributed by atoms with E-state index in [1.165, 1.54) is 83.5 Å². The summed E-state index contributed by atoms with van der Waals surface area (Å²) in [7, 11) is 0. The average Bonchev–Trinajstić information content (AvgIpc) is 2.50. The van der Waals surface area contributed by atoms with Crippen LogP contribution in [0.2, 0.25) is 0 Å². The molecule has 0 radical (unpaired) electrons. The van der Waals surface area contributed by atoms with E-state index in [0.29, 0.717) is 0 Å². The van der Waals surface area contributed by atoms with Gasteiger partial charge in [0.2, 0.25) is 0 Å². The van der Waals surface area contributed by atoms with E-state index in [4.69, 9.17) is 5.11 Å². The summed E-state index contributed by atoms with van der Waals surface area (Å²) in [6.45, 7) is 5.71. The summed E-state index contributed by atoms with van der Waals surface area (Å²) >= 11 is 0. The van der Waals surface area contributed by atoms with Gasteiger partial charge in [0.05, 0.1) is 0 Å². The van der Waals surface area contributed by atoms with E-state index in [-0.39, 0.29) is 34.2 Å². The van der Waals surface area contributed by atoms with Crippen LogP contribution in [-0.4, -0.2) is 17.2 Å². The molecule has 25 heavy (non-hydrogen) atoms. The topological polar surface area (TPSA) is 60.4 Å². The van der Waals surface area contributed by atoms with Crippen molar-refractivity contribution in [3.05, 3.63) is 0 Å². The molecule has 0 aliphatic heterocycles. The molecule has 4 heteroatoms. The maximum atomic E-state index is 10.2. The molecular formula is C21H43O3Ti-. The van der Waals surface area contributed by atoms with Gasteiger partial charge in [0.25, 0.3) is 0 Å². The molecule has 1 N–H and O–H groups in total. The van der Waals surface area contributed by atoms with Gasteiger partial charge in [-0.25, -0.2) is 0 Å². The first kappa shape index (κ1) is 29.9. The third-order valence-electron chi connectivity index (χ3n) is 3.98. The Morgan fingerprint density at radius 3 is 1.20 bits per heavy atom. The summed E-state index contributed by atoms with van der Waals surface area (Å²) in [6, 6.07) is 0. The van der Waals surface area contributed by atoms with Gasteiger partial charge in [-0.05, 0) is 26.7 Å². The number of carboxylic acid groups (broad SMARTS) is 1. The third-order valence-corrected chi connectivity index (χ3v) is 3.98. The van der Waals surface area contributed by atoms with Crippen molar-refractivity contribution < 1.29 is 36.7 Å². The van der Waals surface area contributed by atoms with Crippen molar-refractivity contribution in [2.24, 2.45) is 0 Å². The number of hydrogen-bond acceptors (Lipinski definition) is 3. The smallest absolute Gasteiger partial charge is 0.0483 e. The van der Waals surface area contributed by atoms with Crippen molar-refractivity contribution >= 4 is 5.97 Å². The van der Waals surface area contributed by atoms with E-state index < -0.39 is 5.97 Å². The molecule has 0 aliphatic carbocycles. The van der Waals surface area contributed by atoms with E-state index in [1.54, 1.807) is 13.8 Å². The van der Waals surface area contributed by atoms with Crippen LogP contribution in [0.4, 0.5) is 0 Å². The Bertz CT molecular complexity index is 243. The molecule has 0 atom stereocenters. The Labute approximate surface area is 172 Å². The Kier molecular flexibility index (Phi) is 31.5. The summed E-state index contributed by atoms with van der Waals surface area (Å²) in [6.07, 6.45) is 19.7. The molecular weight excluding hydrogens is 348 g/mol. The fraction of sp³-hybridized carbons (Fsp3) is 0.952. The van der Waals surface area contributed by atoms with E-state index in [1.807, 2.05) is 0 Å². The maximum Gasteiger partial charge on any atom is 0.0483 e. The van der Waals surface area contributed by atoms with Crippen molar-refractivity contribution in [3.63, 3.8) is 0 Å². The molecule has 0 saturated heterocycles. The first-order valence-electron chi connectivity index (χ1n) is 10.4. The molecule has 3 nitrogen and oxygen atoms in total. The number of unbranched alkanes of at least 4 members (excludes halogenated alkanes) is 14. The molecule has 0 unspecified atom stereocenters. The van der Waals surface area contributed by atoms with Crippen molar-refractivity contribution in [2.45, 2.75) is 130 Å². The van der Waals surface area contributed by atoms with Crippen LogP contribution in [0.3, 0.4) is 0 Å². The molecule has 0 aromatic heterocycles. The van der Waals surface area contributed by atoms with Crippen LogP contribution in [0.25, 0.3) is 0 Å². The molecule has 0 spiro atoms. The summed E-state index contributed by atoms with van der Waals surface area (Å²) in [5, 5.41) is 18.3. The summed E-state index contributed by atoms with van der Waals surface area (Å²) < 4.78 is 0. The Morgan fingerprint density at radius 1 is 0.720 bits per heavy atom. The molecule has 0 aromatic carbocycles. The molecule has 0 aliphatic rings. The molecule has 0 amide bonds. The number of aliphatic hydroxyl groups excluding tert-OH is 1. The van der Waals surface area contributed by atoms with Gasteiger partial charge in [-0.2, -0.15) is 0 Å². The van der Waals surface area contributed by atoms with Crippen LogP contribution in [0.5, 0.6) is 0 Å². The predicted molar refractivity (Wildman–Crippen MR) is 102 cm³/mol. The summed E-state index contributed by atoms with van der Waals surface area (Å²) in [5.41, 5.74) is 0. The van der Waals surface area contributed by atoms with E-state index in [2.05, 4.69) is 6.92 Å². The average molecular weight is 391 g/mol. The van der Waals surface area contributed by atoms with Gasteiger partial charge in [0, 0.05) is 33.8 Å². The standard InChI is InChI=1S/C18H36O2.C3H8O.Ti/c1-2-3-4-5-6-7-8-9-10-11-12-13-14-15-16-17-18(19)20;1-3(2)4;/h2-17H2,1H3,(H,19,20);3-4H,1-2H3;/p-1. The first-order valence-corrected chi connectivity index (χ1v) is 10.4. The molecule has 150 valence electrons. The van der Waals surface area contributed by atoms with E-state index in [0.717, 1.165) is 12.8 Å². The molecule has 0 bridgehead atoms. The zero-order valence-corrected chi connectivity index (χ0v) is 18.7. The van der Waals surface area contributed by atoms with Gasteiger partial charge in [-0.1, -0.05) is 96.8 Å². The van der Waals surface area contributed by atoms with Gasteiger partial charge < -0.3 is 15.0 Å². The number of hydrogen-bond donors (Lipinski definition) is 1. The second-order valence-electron chi connectivity index (χ2n) is 7.17. The largest absolute Gasteiger partial charge is 0.550 e. The zero-order valence-electron chi connectivity index (χ0n) is 17.2. The van der Waals surface area contributed by atoms with E-state index >= 15 is 0 Å². The van der Waals surface area contributed by atoms with Gasteiger partial charge in [-0.15, -0.1) is 0 Å². The molecule has 0 saturated carbocycles. The number of carboxylic acids is 1. The molecule has 0 heterocycles. The fourth-order valence-corrected chi connectivity index (χ4v) is 2.64. The Hall–Kier alpha value is 0.144. The first-order chi connectivity index (χ1) is 11.5. The van der Waals surface area contributed by atoms with Crippen LogP contribution in [-0.2, 0) is 26.5 Å². The van der Waals surface area contributed by atoms with Crippen molar-refractivity contribution in [3.8, 4) is 0 Å². The Balaban J connectivity index is -0.000000867. The van der Waals surface area contributed by atoms with Crippen LogP contribution < -0.4 is 5.11 Å². The van der Waals surface area contributed by atoms with E-state index in [9.17, 15) is 9.90 Å². The maximum absolute atomic E-state index is 10.2. The van der Waals surface area contributed by atoms with Crippen molar-refractivity contribution in [2.75, 3.05) is 0 Å². The van der Waals surface area contributed by atoms with Crippen molar-refractivity contribution in [1.29, 1.82) is 0 Å². The zero-order chi connectivity index (χ0) is 18.5. The summed E-state index contributed by atoms with van der Waals surface area (Å²) in [5.74, 6) is -0.903. The van der Waals surface area contributed by atoms with Crippen LogP contribution in [0.15, 0.2) is 0 Å². The number of rotatable bonds is 16. The molecule has 0 aromatic rings. The van der Waals surface area contributed by atoms with Gasteiger partial charge >= 0.3 is 0 Å². The number of aliphatic carboxylic acids is 1. The second kappa shape index (κ2) is 26.4. The quantitative estimate of drug-likeness (QED) is 0.284. The van der Waals surface area contributed by atoms with Gasteiger partial charge in [0.15, 0.2) is 0 Å². The number of carbonyl (C=O) groups excluding carboxylic acids is 1. The number of aliphatic hydroxyl groups is 1. The predicted octanol–water partition coefficient (Wildman–Crippen LogP) is 5.38. The SMILES string of the molecule is CC(C)O.CCCCCCCCCCCCCCCCCC(=O)[O-].[Ti]. The Morgan fingerprint density at radius 2 is 0.960 bits per heavy atom. The minimum absolute atomic E-state index is 0. The van der Waals surface area contributed by atoms with Crippen LogP contribution in [0, 0.1) is 0 Å². The number of carbonyl (C=O) groups is 1. The third kappa shape index (κ3) is 40.3. The minimum atomic E-state index is -0.903. The van der Waals surface area contributed by atoms with Gasteiger partial charge in [-0.3, -0.25) is 0 Å². The normalized spacial score (nSPS) is 10.1. The second-order valence-corrected chi connectivity index (χ2v) is 7.17. The minimum Gasteiger partial charge on any atom is -0.550 e. The summed E-state index contributed by atoms with van der Waals surface area (Å²) in [4.78, 5) is 10.2. The molecule has 0 fully saturated rings. The van der Waals surface area contributed by atoms with Crippen molar-refractivity contribution in [1.82, 2.24) is 0 Å². The fourth-order valence-electron chi connectivity index (χ4n) is 2.64. The van der Waals surface area contributed by atoms with Crippen LogP contribution >= 0.6 is 0 Å². The monoisotopic (exact) mass is 391 g/mol. The van der Waals surface area contributed by atoms with Crippen LogP contribution in [0.1, 0.15) is 124 Å². The molecule has 0 rings (SSSR count). The van der Waals surface area contributed by atoms with Gasteiger partial charge in [0.1, 0.15) is 0 Å².